The molecule has 23 heavy (non-hydrogen) atoms. The fraction of sp³-hybridized carbons (Fsp3) is 0.143. The van der Waals surface area contributed by atoms with E-state index >= 15 is 0 Å². The first-order valence-corrected chi connectivity index (χ1v) is 6.51. The highest BCUT2D eigenvalue weighted by molar-refractivity contribution is 5.92. The molecule has 0 fully saturated rings. The maximum absolute atomic E-state index is 11.4. The van der Waals surface area contributed by atoms with Crippen LogP contribution in [0.15, 0.2) is 40.2 Å². The van der Waals surface area contributed by atoms with Gasteiger partial charge in [-0.25, -0.2) is 9.78 Å². The van der Waals surface area contributed by atoms with Crippen molar-refractivity contribution < 1.29 is 9.90 Å². The molecule has 3 aromatic rings. The van der Waals surface area contributed by atoms with Crippen molar-refractivity contribution in [2.24, 2.45) is 19.8 Å². The first-order valence-electron chi connectivity index (χ1n) is 6.51. The van der Waals surface area contributed by atoms with Crippen LogP contribution in [-0.4, -0.2) is 30.1 Å². The second kappa shape index (κ2) is 6.18. The van der Waals surface area contributed by atoms with Gasteiger partial charge in [-0.2, -0.15) is 0 Å². The molecule has 3 rings (SSSR count). The van der Waals surface area contributed by atoms with Crippen molar-refractivity contribution >= 4 is 17.1 Å². The second-order valence-corrected chi connectivity index (χ2v) is 4.72. The van der Waals surface area contributed by atoms with Gasteiger partial charge in [-0.1, -0.05) is 0 Å². The molecule has 0 aliphatic carbocycles. The Bertz CT molecular complexity index is 965. The molecule has 0 atom stereocenters. The van der Waals surface area contributed by atoms with E-state index in [0.29, 0.717) is 16.7 Å². The number of aromatic hydroxyl groups is 1. The van der Waals surface area contributed by atoms with Crippen LogP contribution in [0.1, 0.15) is 10.4 Å². The number of nitrogens with two attached hydrogens (primary N) is 1. The Kier molecular flexibility index (Phi) is 4.30. The molecular weight excluding hydrogens is 302 g/mol. The number of carbonyl (C=O) groups excluding carboxylic acids is 1. The van der Waals surface area contributed by atoms with Gasteiger partial charge in [-0.05, 0) is 24.3 Å². The number of benzene rings is 1. The second-order valence-electron chi connectivity index (χ2n) is 4.72. The summed E-state index contributed by atoms with van der Waals surface area (Å²) in [6.45, 7) is 0. The van der Waals surface area contributed by atoms with Gasteiger partial charge in [0.15, 0.2) is 5.65 Å². The smallest absolute Gasteiger partial charge is 0.332 e. The third kappa shape index (κ3) is 3.12. The van der Waals surface area contributed by atoms with E-state index in [9.17, 15) is 14.4 Å². The number of H-pyrrole nitrogens is 1. The van der Waals surface area contributed by atoms with Gasteiger partial charge in [0, 0.05) is 19.7 Å². The van der Waals surface area contributed by atoms with Crippen molar-refractivity contribution in [2.75, 3.05) is 0 Å². The summed E-state index contributed by atoms with van der Waals surface area (Å²) in [7, 11) is 3.01. The summed E-state index contributed by atoms with van der Waals surface area (Å²) >= 11 is 0. The number of hydrogen-bond donors (Lipinski definition) is 3. The molecule has 0 saturated heterocycles. The number of amides is 1. The van der Waals surface area contributed by atoms with Crippen LogP contribution in [0.5, 0.6) is 5.75 Å². The van der Waals surface area contributed by atoms with Gasteiger partial charge in [0.25, 0.3) is 5.56 Å². The average molecular weight is 317 g/mol. The number of rotatable bonds is 1. The van der Waals surface area contributed by atoms with E-state index < -0.39 is 5.91 Å². The Balaban J connectivity index is 0.000000174. The van der Waals surface area contributed by atoms with E-state index in [1.807, 2.05) is 0 Å². The lowest BCUT2D eigenvalue weighted by Crippen LogP contribution is -2.36. The topological polar surface area (TPSA) is 136 Å². The van der Waals surface area contributed by atoms with Crippen molar-refractivity contribution in [3.05, 3.63) is 57.0 Å². The first-order chi connectivity index (χ1) is 10.8. The quantitative estimate of drug-likeness (QED) is 0.553. The lowest BCUT2D eigenvalue weighted by Gasteiger charge is -2.00. The van der Waals surface area contributed by atoms with E-state index in [-0.39, 0.29) is 17.0 Å². The molecule has 120 valence electrons. The number of fused-ring (bicyclic) bond motifs is 1. The number of phenolic OH excluding ortho intramolecular Hbond substituents is 1. The number of aryl methyl sites for hydroxylation is 1. The number of aromatic nitrogens is 4. The Morgan fingerprint density at radius 1 is 1.17 bits per heavy atom. The lowest BCUT2D eigenvalue weighted by molar-refractivity contribution is 0.100. The zero-order valence-electron chi connectivity index (χ0n) is 12.5. The van der Waals surface area contributed by atoms with Crippen LogP contribution in [0.4, 0.5) is 0 Å². The molecule has 0 saturated carbocycles. The number of carbonyl (C=O) groups is 1. The molecule has 0 bridgehead atoms. The van der Waals surface area contributed by atoms with Crippen molar-refractivity contribution in [2.45, 2.75) is 0 Å². The number of aromatic amines is 1. The summed E-state index contributed by atoms with van der Waals surface area (Å²) in [4.78, 5) is 39.8. The van der Waals surface area contributed by atoms with Crippen LogP contribution in [0.25, 0.3) is 11.2 Å². The van der Waals surface area contributed by atoms with Crippen molar-refractivity contribution in [1.29, 1.82) is 0 Å². The Morgan fingerprint density at radius 2 is 1.78 bits per heavy atom. The molecule has 9 heteroatoms. The van der Waals surface area contributed by atoms with Gasteiger partial charge in [-0.3, -0.25) is 18.7 Å². The van der Waals surface area contributed by atoms with Gasteiger partial charge in [0.05, 0.1) is 6.33 Å². The molecule has 9 nitrogen and oxygen atoms in total. The van der Waals surface area contributed by atoms with Gasteiger partial charge in [-0.15, -0.1) is 0 Å². The summed E-state index contributed by atoms with van der Waals surface area (Å²) < 4.78 is 2.37. The lowest BCUT2D eigenvalue weighted by atomic mass is 10.2. The van der Waals surface area contributed by atoms with Crippen LogP contribution in [-0.2, 0) is 14.1 Å². The molecule has 2 heterocycles. The van der Waals surface area contributed by atoms with Crippen LogP contribution in [0, 0.1) is 0 Å². The molecule has 0 spiro atoms. The first kappa shape index (κ1) is 16.0. The van der Waals surface area contributed by atoms with Crippen molar-refractivity contribution in [3.63, 3.8) is 0 Å². The molecule has 0 unspecified atom stereocenters. The van der Waals surface area contributed by atoms with Crippen molar-refractivity contribution in [1.82, 2.24) is 19.1 Å². The highest BCUT2D eigenvalue weighted by Crippen LogP contribution is 2.08. The normalized spacial score (nSPS) is 10.2. The van der Waals surface area contributed by atoms with Crippen LogP contribution in [0.3, 0.4) is 0 Å². The minimum Gasteiger partial charge on any atom is -0.508 e. The van der Waals surface area contributed by atoms with Crippen molar-refractivity contribution in [3.8, 4) is 5.75 Å². The van der Waals surface area contributed by atoms with Crippen LogP contribution in [0.2, 0.25) is 0 Å². The van der Waals surface area contributed by atoms with Gasteiger partial charge in [0.2, 0.25) is 5.91 Å². The van der Waals surface area contributed by atoms with Gasteiger partial charge in [0.1, 0.15) is 11.3 Å². The number of hydrogen-bond acceptors (Lipinski definition) is 5. The van der Waals surface area contributed by atoms with E-state index in [0.717, 1.165) is 4.57 Å². The summed E-state index contributed by atoms with van der Waals surface area (Å²) in [5, 5.41) is 8.79. The fourth-order valence-corrected chi connectivity index (χ4v) is 1.89. The number of nitrogens with one attached hydrogen (secondary N) is 1. The highest BCUT2D eigenvalue weighted by Gasteiger charge is 2.08. The molecule has 1 aromatic carbocycles. The van der Waals surface area contributed by atoms with Gasteiger partial charge < -0.3 is 15.8 Å². The minimum absolute atomic E-state index is 0.130. The van der Waals surface area contributed by atoms with Crippen LogP contribution >= 0.6 is 0 Å². The fourth-order valence-electron chi connectivity index (χ4n) is 1.89. The average Bonchev–Trinajstić information content (AvgIpc) is 3.02. The standard InChI is InChI=1S/C7H8N4O2.C7H7NO2/c1-10-5-4(8-3-9-5)6(12)11(2)7(10)13;8-7(10)5-1-3-6(9)4-2-5/h3H,1-2H3,(H,8,9);1-4,9H,(H2,8,10). The largest absolute Gasteiger partial charge is 0.508 e. The maximum Gasteiger partial charge on any atom is 0.332 e. The molecule has 1 amide bonds. The van der Waals surface area contributed by atoms with E-state index in [4.69, 9.17) is 10.8 Å². The molecule has 4 N–H and O–H groups in total. The zero-order valence-corrected chi connectivity index (χ0v) is 12.5. The Hall–Kier alpha value is -3.36. The SMILES string of the molecule is Cn1c(=O)c2[nH]cnc2n(C)c1=O.NC(=O)c1ccc(O)cc1. The number of primary amides is 1. The minimum atomic E-state index is -0.486. The third-order valence-electron chi connectivity index (χ3n) is 3.18. The third-order valence-corrected chi connectivity index (χ3v) is 3.18. The Labute approximate surface area is 129 Å². The number of nitrogens with zero attached hydrogens (tertiary/aromatic N) is 3. The molecule has 0 radical (unpaired) electrons. The van der Waals surface area contributed by atoms with Crippen LogP contribution < -0.4 is 17.0 Å². The predicted octanol–water partition coefficient (Wildman–Crippen LogP) is -0.549. The maximum atomic E-state index is 11.4. The number of imidazole rings is 1. The summed E-state index contributed by atoms with van der Waals surface area (Å²) in [5.74, 6) is -0.356. The van der Waals surface area contributed by atoms with Gasteiger partial charge >= 0.3 is 5.69 Å². The molecule has 0 aliphatic rings. The monoisotopic (exact) mass is 317 g/mol. The molecule has 2 aromatic heterocycles. The zero-order chi connectivity index (χ0) is 17.1. The summed E-state index contributed by atoms with van der Waals surface area (Å²) in [5.41, 5.74) is 5.36. The summed E-state index contributed by atoms with van der Waals surface area (Å²) in [6, 6.07) is 5.77. The number of phenols is 1. The van der Waals surface area contributed by atoms with E-state index in [2.05, 4.69) is 9.97 Å². The van der Waals surface area contributed by atoms with E-state index in [1.54, 1.807) is 7.05 Å². The summed E-state index contributed by atoms with van der Waals surface area (Å²) in [6.07, 6.45) is 1.39. The highest BCUT2D eigenvalue weighted by atomic mass is 16.3. The Morgan fingerprint density at radius 3 is 2.35 bits per heavy atom. The van der Waals surface area contributed by atoms with E-state index in [1.165, 1.54) is 42.2 Å². The predicted molar refractivity (Wildman–Crippen MR) is 83.2 cm³/mol. The molecular formula is C14H15N5O4. The molecule has 0 aliphatic heterocycles.